The molecule has 7 heteroatoms. The molecule has 0 spiro atoms. The molecular weight excluding hydrogens is 366 g/mol. The summed E-state index contributed by atoms with van der Waals surface area (Å²) in [5, 5.41) is 14.1. The summed E-state index contributed by atoms with van der Waals surface area (Å²) in [6, 6.07) is 18.1. The van der Waals surface area contributed by atoms with E-state index in [4.69, 9.17) is 16.3 Å². The van der Waals surface area contributed by atoms with Gasteiger partial charge in [0.2, 0.25) is 0 Å². The zero-order valence-corrected chi connectivity index (χ0v) is 15.0. The van der Waals surface area contributed by atoms with Gasteiger partial charge in [-0.2, -0.15) is 5.10 Å². The van der Waals surface area contributed by atoms with Gasteiger partial charge in [0, 0.05) is 22.2 Å². The molecule has 4 rings (SSSR count). The summed E-state index contributed by atoms with van der Waals surface area (Å²) in [5.74, 6) is -0.378. The van der Waals surface area contributed by atoms with Crippen LogP contribution in [0.15, 0.2) is 60.7 Å². The third-order valence-corrected chi connectivity index (χ3v) is 4.39. The lowest BCUT2D eigenvalue weighted by Gasteiger charge is -2.09. The predicted octanol–water partition coefficient (Wildman–Crippen LogP) is 4.42. The van der Waals surface area contributed by atoms with Crippen molar-refractivity contribution in [1.29, 1.82) is 0 Å². The number of carboxylic acids is 1. The standard InChI is InChI=1S/C20H14ClN3O3/c1-27-15-7-5-12(6-8-15)18-10-16(13-3-2-4-14(21)9-13)22-19-11-17(20(25)26)23-24(18)19/h2-11H,1H3,(H,25,26). The molecule has 1 N–H and O–H groups in total. The highest BCUT2D eigenvalue weighted by molar-refractivity contribution is 6.30. The van der Waals surface area contributed by atoms with Crippen molar-refractivity contribution < 1.29 is 14.6 Å². The number of hydrogen-bond acceptors (Lipinski definition) is 4. The molecule has 0 unspecified atom stereocenters. The molecule has 0 saturated heterocycles. The molecule has 27 heavy (non-hydrogen) atoms. The van der Waals surface area contributed by atoms with Gasteiger partial charge in [0.1, 0.15) is 5.75 Å². The fraction of sp³-hybridized carbons (Fsp3) is 0.0500. The number of ether oxygens (including phenoxy) is 1. The Morgan fingerprint density at radius 3 is 2.52 bits per heavy atom. The van der Waals surface area contributed by atoms with E-state index >= 15 is 0 Å². The van der Waals surface area contributed by atoms with Crippen molar-refractivity contribution in [3.05, 3.63) is 71.4 Å². The molecule has 0 amide bonds. The van der Waals surface area contributed by atoms with E-state index in [2.05, 4.69) is 10.1 Å². The van der Waals surface area contributed by atoms with Crippen molar-refractivity contribution in [3.63, 3.8) is 0 Å². The van der Waals surface area contributed by atoms with Crippen molar-refractivity contribution in [2.75, 3.05) is 7.11 Å². The number of methoxy groups -OCH3 is 1. The van der Waals surface area contributed by atoms with Crippen LogP contribution >= 0.6 is 11.6 Å². The summed E-state index contributed by atoms with van der Waals surface area (Å²) >= 11 is 6.11. The molecule has 134 valence electrons. The van der Waals surface area contributed by atoms with Crippen molar-refractivity contribution in [2.45, 2.75) is 0 Å². The highest BCUT2D eigenvalue weighted by Crippen LogP contribution is 2.29. The summed E-state index contributed by atoms with van der Waals surface area (Å²) in [5.41, 5.74) is 3.44. The van der Waals surface area contributed by atoms with E-state index < -0.39 is 5.97 Å². The first kappa shape index (κ1) is 17.1. The number of carbonyl (C=O) groups is 1. The number of rotatable bonds is 4. The van der Waals surface area contributed by atoms with Crippen LogP contribution in [0.4, 0.5) is 0 Å². The van der Waals surface area contributed by atoms with E-state index in [-0.39, 0.29) is 5.69 Å². The zero-order valence-electron chi connectivity index (χ0n) is 14.3. The number of fused-ring (bicyclic) bond motifs is 1. The van der Waals surface area contributed by atoms with Crippen LogP contribution in [-0.4, -0.2) is 32.8 Å². The van der Waals surface area contributed by atoms with E-state index in [1.54, 1.807) is 13.2 Å². The van der Waals surface area contributed by atoms with Crippen LogP contribution < -0.4 is 4.74 Å². The fourth-order valence-corrected chi connectivity index (χ4v) is 3.03. The lowest BCUT2D eigenvalue weighted by molar-refractivity contribution is 0.0690. The lowest BCUT2D eigenvalue weighted by atomic mass is 10.1. The van der Waals surface area contributed by atoms with Crippen LogP contribution in [0.1, 0.15) is 10.5 Å². The summed E-state index contributed by atoms with van der Waals surface area (Å²) in [6.07, 6.45) is 0. The Hall–Kier alpha value is -3.38. The van der Waals surface area contributed by atoms with Crippen LogP contribution in [0.5, 0.6) is 5.75 Å². The predicted molar refractivity (Wildman–Crippen MR) is 102 cm³/mol. The van der Waals surface area contributed by atoms with Crippen LogP contribution in [0.2, 0.25) is 5.02 Å². The summed E-state index contributed by atoms with van der Waals surface area (Å²) < 4.78 is 6.73. The first-order chi connectivity index (χ1) is 13.0. The monoisotopic (exact) mass is 379 g/mol. The van der Waals surface area contributed by atoms with E-state index in [1.165, 1.54) is 10.6 Å². The van der Waals surface area contributed by atoms with Crippen LogP contribution in [0, 0.1) is 0 Å². The van der Waals surface area contributed by atoms with Crippen molar-refractivity contribution in [3.8, 4) is 28.3 Å². The Bertz CT molecular complexity index is 1150. The smallest absolute Gasteiger partial charge is 0.356 e. The van der Waals surface area contributed by atoms with E-state index in [0.29, 0.717) is 22.1 Å². The second-order valence-electron chi connectivity index (χ2n) is 5.87. The number of nitrogens with zero attached hydrogens (tertiary/aromatic N) is 3. The maximum absolute atomic E-state index is 11.4. The number of halogens is 1. The van der Waals surface area contributed by atoms with Gasteiger partial charge in [0.15, 0.2) is 11.3 Å². The maximum Gasteiger partial charge on any atom is 0.356 e. The second-order valence-corrected chi connectivity index (χ2v) is 6.31. The topological polar surface area (TPSA) is 76.7 Å². The molecule has 0 aliphatic rings. The molecule has 2 heterocycles. The minimum Gasteiger partial charge on any atom is -0.497 e. The molecule has 0 bridgehead atoms. The average molecular weight is 380 g/mol. The Morgan fingerprint density at radius 1 is 1.07 bits per heavy atom. The lowest BCUT2D eigenvalue weighted by Crippen LogP contribution is -2.01. The first-order valence-electron chi connectivity index (χ1n) is 8.09. The molecule has 4 aromatic rings. The van der Waals surface area contributed by atoms with Crippen LogP contribution in [0.3, 0.4) is 0 Å². The Labute approximate surface area is 159 Å². The van der Waals surface area contributed by atoms with Gasteiger partial charge in [-0.15, -0.1) is 0 Å². The van der Waals surface area contributed by atoms with Crippen molar-refractivity contribution >= 4 is 23.2 Å². The number of benzene rings is 2. The molecular formula is C20H14ClN3O3. The molecule has 2 aromatic carbocycles. The number of carboxylic acid groups (broad SMARTS) is 1. The van der Waals surface area contributed by atoms with Crippen molar-refractivity contribution in [1.82, 2.24) is 14.6 Å². The highest BCUT2D eigenvalue weighted by atomic mass is 35.5. The van der Waals surface area contributed by atoms with E-state index in [1.807, 2.05) is 48.5 Å². The first-order valence-corrected chi connectivity index (χ1v) is 8.47. The Morgan fingerprint density at radius 2 is 1.85 bits per heavy atom. The van der Waals surface area contributed by atoms with Crippen molar-refractivity contribution in [2.24, 2.45) is 0 Å². The molecule has 0 saturated carbocycles. The number of aromatic carboxylic acids is 1. The molecule has 0 aliphatic carbocycles. The summed E-state index contributed by atoms with van der Waals surface area (Å²) in [7, 11) is 1.60. The molecule has 6 nitrogen and oxygen atoms in total. The van der Waals surface area contributed by atoms with Crippen LogP contribution in [0.25, 0.3) is 28.2 Å². The SMILES string of the molecule is COc1ccc(-c2cc(-c3cccc(Cl)c3)nc3cc(C(=O)O)nn23)cc1. The fourth-order valence-electron chi connectivity index (χ4n) is 2.84. The van der Waals surface area contributed by atoms with Gasteiger partial charge in [0.05, 0.1) is 18.5 Å². The summed E-state index contributed by atoms with van der Waals surface area (Å²) in [6.45, 7) is 0. The summed E-state index contributed by atoms with van der Waals surface area (Å²) in [4.78, 5) is 15.9. The number of hydrogen-bond donors (Lipinski definition) is 1. The molecule has 0 atom stereocenters. The van der Waals surface area contributed by atoms with Gasteiger partial charge in [-0.1, -0.05) is 23.7 Å². The largest absolute Gasteiger partial charge is 0.497 e. The molecule has 2 aromatic heterocycles. The zero-order chi connectivity index (χ0) is 19.0. The highest BCUT2D eigenvalue weighted by Gasteiger charge is 2.15. The van der Waals surface area contributed by atoms with Gasteiger partial charge in [-0.3, -0.25) is 0 Å². The maximum atomic E-state index is 11.4. The Balaban J connectivity index is 1.97. The normalized spacial score (nSPS) is 10.9. The van der Waals surface area contributed by atoms with Gasteiger partial charge >= 0.3 is 5.97 Å². The average Bonchev–Trinajstić information content (AvgIpc) is 3.12. The Kier molecular flexibility index (Phi) is 4.25. The quantitative estimate of drug-likeness (QED) is 0.567. The van der Waals surface area contributed by atoms with E-state index in [0.717, 1.165) is 16.9 Å². The minimum atomic E-state index is -1.11. The molecule has 0 fully saturated rings. The molecule has 0 aliphatic heterocycles. The third kappa shape index (κ3) is 3.22. The number of aromatic nitrogens is 3. The van der Waals surface area contributed by atoms with Gasteiger partial charge < -0.3 is 9.84 Å². The van der Waals surface area contributed by atoms with Crippen LogP contribution in [-0.2, 0) is 0 Å². The molecule has 0 radical (unpaired) electrons. The van der Waals surface area contributed by atoms with E-state index in [9.17, 15) is 9.90 Å². The second kappa shape index (κ2) is 6.74. The van der Waals surface area contributed by atoms with Gasteiger partial charge in [-0.05, 0) is 42.5 Å². The van der Waals surface area contributed by atoms with Gasteiger partial charge in [0.25, 0.3) is 0 Å². The minimum absolute atomic E-state index is 0.0690. The third-order valence-electron chi connectivity index (χ3n) is 4.15. The van der Waals surface area contributed by atoms with Gasteiger partial charge in [-0.25, -0.2) is 14.3 Å².